The van der Waals surface area contributed by atoms with Gasteiger partial charge in [0, 0.05) is 10.9 Å². The normalized spacial score (nSPS) is 13.5. The molecule has 0 aromatic heterocycles. The van der Waals surface area contributed by atoms with E-state index in [2.05, 4.69) is 15.9 Å². The topological polar surface area (TPSA) is 55.8 Å². The molecule has 0 bridgehead atoms. The van der Waals surface area contributed by atoms with Crippen LogP contribution in [0.2, 0.25) is 0 Å². The molecule has 0 radical (unpaired) electrons. The molecule has 0 unspecified atom stereocenters. The van der Waals surface area contributed by atoms with Gasteiger partial charge in [0.15, 0.2) is 11.5 Å². The largest absolute Gasteiger partial charge is 0.486 e. The molecule has 2 rings (SSSR count). The van der Waals surface area contributed by atoms with Gasteiger partial charge in [-0.05, 0) is 30.5 Å². The van der Waals surface area contributed by atoms with E-state index < -0.39 is 5.97 Å². The van der Waals surface area contributed by atoms with Gasteiger partial charge >= 0.3 is 5.97 Å². The van der Waals surface area contributed by atoms with Gasteiger partial charge in [-0.1, -0.05) is 15.9 Å². The predicted molar refractivity (Wildman–Crippen MR) is 65.8 cm³/mol. The van der Waals surface area contributed by atoms with Crippen molar-refractivity contribution in [1.29, 1.82) is 0 Å². The van der Waals surface area contributed by atoms with E-state index in [1.54, 1.807) is 0 Å². The van der Waals surface area contributed by atoms with Crippen LogP contribution in [0.5, 0.6) is 11.5 Å². The molecule has 1 N–H and O–H groups in total. The number of ether oxygens (including phenoxy) is 2. The van der Waals surface area contributed by atoms with E-state index in [1.807, 2.05) is 13.0 Å². The second-order valence-corrected chi connectivity index (χ2v) is 4.73. The number of halogens is 1. The Morgan fingerprint density at radius 1 is 1.47 bits per heavy atom. The number of benzene rings is 1. The summed E-state index contributed by atoms with van der Waals surface area (Å²) in [5.41, 5.74) is 1.92. The van der Waals surface area contributed by atoms with Crippen molar-refractivity contribution < 1.29 is 19.4 Å². The molecule has 1 aromatic rings. The standard InChI is InChI=1S/C12H13BrO4/c1-7-8(2-3-11(14)15)9(13)6-10-12(7)17-5-4-16-10/h6H,2-5H2,1H3,(H,14,15). The van der Waals surface area contributed by atoms with Gasteiger partial charge in [0.1, 0.15) is 13.2 Å². The lowest BCUT2D eigenvalue weighted by Gasteiger charge is -2.22. The third-order valence-electron chi connectivity index (χ3n) is 2.74. The number of carbonyl (C=O) groups is 1. The highest BCUT2D eigenvalue weighted by atomic mass is 79.9. The first-order valence-corrected chi connectivity index (χ1v) is 6.18. The van der Waals surface area contributed by atoms with Crippen LogP contribution in [0.1, 0.15) is 17.5 Å². The minimum absolute atomic E-state index is 0.110. The highest BCUT2D eigenvalue weighted by Gasteiger charge is 2.19. The van der Waals surface area contributed by atoms with Crippen LogP contribution >= 0.6 is 15.9 Å². The summed E-state index contributed by atoms with van der Waals surface area (Å²) in [5, 5.41) is 8.72. The average Bonchev–Trinajstić information content (AvgIpc) is 2.28. The summed E-state index contributed by atoms with van der Waals surface area (Å²) in [6.07, 6.45) is 0.595. The molecule has 92 valence electrons. The van der Waals surface area contributed by atoms with Gasteiger partial charge in [0.05, 0.1) is 0 Å². The van der Waals surface area contributed by atoms with Gasteiger partial charge in [0.2, 0.25) is 0 Å². The first-order valence-electron chi connectivity index (χ1n) is 5.39. The molecular formula is C12H13BrO4. The number of hydrogen-bond donors (Lipinski definition) is 1. The Balaban J connectivity index is 2.35. The molecule has 1 aromatic carbocycles. The maximum Gasteiger partial charge on any atom is 0.303 e. The predicted octanol–water partition coefficient (Wildman–Crippen LogP) is 2.55. The summed E-state index contributed by atoms with van der Waals surface area (Å²) < 4.78 is 11.9. The summed E-state index contributed by atoms with van der Waals surface area (Å²) in [5.74, 6) is 0.658. The number of hydrogen-bond acceptors (Lipinski definition) is 3. The first kappa shape index (κ1) is 12.2. The molecule has 0 atom stereocenters. The van der Waals surface area contributed by atoms with Crippen LogP contribution in [0, 0.1) is 6.92 Å². The van der Waals surface area contributed by atoms with Gasteiger partial charge in [-0.15, -0.1) is 0 Å². The Morgan fingerprint density at radius 2 is 2.18 bits per heavy atom. The van der Waals surface area contributed by atoms with Crippen LogP contribution in [0.25, 0.3) is 0 Å². The minimum Gasteiger partial charge on any atom is -0.486 e. The van der Waals surface area contributed by atoms with Crippen LogP contribution in [-0.4, -0.2) is 24.3 Å². The number of fused-ring (bicyclic) bond motifs is 1. The molecule has 0 saturated heterocycles. The Kier molecular flexibility index (Phi) is 3.57. The lowest BCUT2D eigenvalue weighted by molar-refractivity contribution is -0.136. The van der Waals surface area contributed by atoms with E-state index in [0.29, 0.717) is 19.6 Å². The van der Waals surface area contributed by atoms with Crippen LogP contribution in [0.4, 0.5) is 0 Å². The van der Waals surface area contributed by atoms with Crippen molar-refractivity contribution >= 4 is 21.9 Å². The summed E-state index contributed by atoms with van der Waals surface area (Å²) in [6, 6.07) is 1.85. The molecule has 1 heterocycles. The van der Waals surface area contributed by atoms with Crippen molar-refractivity contribution in [3.05, 3.63) is 21.7 Å². The second-order valence-electron chi connectivity index (χ2n) is 3.88. The zero-order valence-electron chi connectivity index (χ0n) is 9.46. The van der Waals surface area contributed by atoms with Gasteiger partial charge in [-0.25, -0.2) is 0 Å². The highest BCUT2D eigenvalue weighted by molar-refractivity contribution is 9.10. The smallest absolute Gasteiger partial charge is 0.303 e. The molecule has 4 nitrogen and oxygen atoms in total. The molecule has 5 heteroatoms. The molecule has 1 aliphatic heterocycles. The second kappa shape index (κ2) is 4.96. The van der Waals surface area contributed by atoms with Crippen LogP contribution in [-0.2, 0) is 11.2 Å². The molecular weight excluding hydrogens is 288 g/mol. The number of aliphatic carboxylic acids is 1. The summed E-state index contributed by atoms with van der Waals surface area (Å²) >= 11 is 3.45. The summed E-state index contributed by atoms with van der Waals surface area (Å²) in [7, 11) is 0. The quantitative estimate of drug-likeness (QED) is 0.932. The maximum absolute atomic E-state index is 10.6. The Labute approximate surface area is 108 Å². The van der Waals surface area contributed by atoms with E-state index in [-0.39, 0.29) is 6.42 Å². The van der Waals surface area contributed by atoms with E-state index in [1.165, 1.54) is 0 Å². The Bertz CT molecular complexity index is 456. The number of carboxylic acid groups (broad SMARTS) is 1. The third kappa shape index (κ3) is 2.54. The van der Waals surface area contributed by atoms with Crippen molar-refractivity contribution in [2.24, 2.45) is 0 Å². The van der Waals surface area contributed by atoms with Crippen molar-refractivity contribution in [2.75, 3.05) is 13.2 Å². The lowest BCUT2D eigenvalue weighted by Crippen LogP contribution is -2.17. The Hall–Kier alpha value is -1.23. The molecule has 0 saturated carbocycles. The zero-order chi connectivity index (χ0) is 12.4. The molecule has 17 heavy (non-hydrogen) atoms. The first-order chi connectivity index (χ1) is 8.09. The van der Waals surface area contributed by atoms with E-state index in [0.717, 1.165) is 27.1 Å². The van der Waals surface area contributed by atoms with E-state index in [9.17, 15) is 4.79 Å². The number of carboxylic acids is 1. The van der Waals surface area contributed by atoms with Gasteiger partial charge in [0.25, 0.3) is 0 Å². The van der Waals surface area contributed by atoms with Crippen LogP contribution < -0.4 is 9.47 Å². The van der Waals surface area contributed by atoms with Crippen molar-refractivity contribution in [2.45, 2.75) is 19.8 Å². The van der Waals surface area contributed by atoms with E-state index in [4.69, 9.17) is 14.6 Å². The maximum atomic E-state index is 10.6. The van der Waals surface area contributed by atoms with Crippen molar-refractivity contribution in [3.63, 3.8) is 0 Å². The van der Waals surface area contributed by atoms with Gasteiger partial charge in [-0.2, -0.15) is 0 Å². The molecule has 0 spiro atoms. The fourth-order valence-corrected chi connectivity index (χ4v) is 2.59. The highest BCUT2D eigenvalue weighted by Crippen LogP contribution is 2.40. The third-order valence-corrected chi connectivity index (χ3v) is 3.45. The minimum atomic E-state index is -0.800. The zero-order valence-corrected chi connectivity index (χ0v) is 11.0. The monoisotopic (exact) mass is 300 g/mol. The van der Waals surface area contributed by atoms with Gasteiger partial charge in [-0.3, -0.25) is 4.79 Å². The lowest BCUT2D eigenvalue weighted by atomic mass is 10.0. The van der Waals surface area contributed by atoms with Crippen molar-refractivity contribution in [3.8, 4) is 11.5 Å². The molecule has 1 aliphatic rings. The number of rotatable bonds is 3. The Morgan fingerprint density at radius 3 is 2.88 bits per heavy atom. The van der Waals surface area contributed by atoms with Crippen LogP contribution in [0.3, 0.4) is 0 Å². The molecule has 0 aliphatic carbocycles. The van der Waals surface area contributed by atoms with Crippen LogP contribution in [0.15, 0.2) is 10.5 Å². The fourth-order valence-electron chi connectivity index (χ4n) is 1.89. The van der Waals surface area contributed by atoms with Gasteiger partial charge < -0.3 is 14.6 Å². The van der Waals surface area contributed by atoms with E-state index >= 15 is 0 Å². The fraction of sp³-hybridized carbons (Fsp3) is 0.417. The average molecular weight is 301 g/mol. The molecule has 0 fully saturated rings. The summed E-state index contributed by atoms with van der Waals surface area (Å²) in [6.45, 7) is 3.01. The van der Waals surface area contributed by atoms with Crippen molar-refractivity contribution in [1.82, 2.24) is 0 Å². The summed E-state index contributed by atoms with van der Waals surface area (Å²) in [4.78, 5) is 10.6. The SMILES string of the molecule is Cc1c(CCC(=O)O)c(Br)cc2c1OCCO2. The molecule has 0 amide bonds.